The molecule has 8 nitrogen and oxygen atoms in total. The van der Waals surface area contributed by atoms with Crippen molar-refractivity contribution in [2.45, 2.75) is 70.9 Å². The molecule has 0 radical (unpaired) electrons. The van der Waals surface area contributed by atoms with Gasteiger partial charge in [-0.15, -0.1) is 0 Å². The van der Waals surface area contributed by atoms with Crippen molar-refractivity contribution in [1.82, 2.24) is 10.2 Å². The summed E-state index contributed by atoms with van der Waals surface area (Å²) in [6, 6.07) is 6.77. The molecule has 3 atom stereocenters. The van der Waals surface area contributed by atoms with E-state index in [0.717, 1.165) is 43.1 Å². The van der Waals surface area contributed by atoms with E-state index in [9.17, 15) is 14.4 Å². The Kier molecular flexibility index (Phi) is 9.69. The van der Waals surface area contributed by atoms with Crippen molar-refractivity contribution in [1.29, 1.82) is 0 Å². The average molecular weight is 488 g/mol. The van der Waals surface area contributed by atoms with Crippen LogP contribution in [-0.4, -0.2) is 67.9 Å². The lowest BCUT2D eigenvalue weighted by Gasteiger charge is -2.34. The summed E-state index contributed by atoms with van der Waals surface area (Å²) in [5.41, 5.74) is 5.84. The molecule has 1 aliphatic heterocycles. The van der Waals surface area contributed by atoms with Gasteiger partial charge >= 0.3 is 0 Å². The summed E-state index contributed by atoms with van der Waals surface area (Å²) in [5.74, 6) is 0.704. The van der Waals surface area contributed by atoms with Crippen LogP contribution in [-0.2, 0) is 14.4 Å². The summed E-state index contributed by atoms with van der Waals surface area (Å²) in [6.07, 6.45) is 4.79. The molecule has 35 heavy (non-hydrogen) atoms. The van der Waals surface area contributed by atoms with E-state index >= 15 is 0 Å². The predicted octanol–water partition coefficient (Wildman–Crippen LogP) is 0.417. The van der Waals surface area contributed by atoms with Gasteiger partial charge < -0.3 is 26.2 Å². The van der Waals surface area contributed by atoms with Crippen molar-refractivity contribution < 1.29 is 25.0 Å². The first-order valence-electron chi connectivity index (χ1n) is 13.3. The number of anilines is 1. The zero-order valence-corrected chi connectivity index (χ0v) is 21.9. The Morgan fingerprint density at radius 3 is 2.26 bits per heavy atom. The van der Waals surface area contributed by atoms with Gasteiger partial charge in [0.15, 0.2) is 6.04 Å². The molecule has 0 unspecified atom stereocenters. The zero-order chi connectivity index (χ0) is 25.5. The minimum absolute atomic E-state index is 0.0223. The summed E-state index contributed by atoms with van der Waals surface area (Å²) in [5, 5.41) is 5.98. The van der Waals surface area contributed by atoms with Gasteiger partial charge in [0.1, 0.15) is 6.04 Å². The van der Waals surface area contributed by atoms with E-state index in [0.29, 0.717) is 25.4 Å². The molecule has 6 N–H and O–H groups in total. The Labute approximate surface area is 210 Å². The van der Waals surface area contributed by atoms with Crippen LogP contribution >= 0.6 is 0 Å². The summed E-state index contributed by atoms with van der Waals surface area (Å²) in [4.78, 5) is 41.7. The van der Waals surface area contributed by atoms with E-state index in [1.54, 1.807) is 6.92 Å². The van der Waals surface area contributed by atoms with Gasteiger partial charge in [0.25, 0.3) is 5.91 Å². The fraction of sp³-hybridized carbons (Fsp3) is 0.667. The van der Waals surface area contributed by atoms with Gasteiger partial charge in [0.05, 0.1) is 33.2 Å². The van der Waals surface area contributed by atoms with Crippen molar-refractivity contribution >= 4 is 23.4 Å². The molecular weight excluding hydrogens is 442 g/mol. The third kappa shape index (κ3) is 7.27. The van der Waals surface area contributed by atoms with E-state index in [1.165, 1.54) is 17.7 Å². The topological polar surface area (TPSA) is 111 Å². The number of amides is 3. The monoisotopic (exact) mass is 487 g/mol. The van der Waals surface area contributed by atoms with Crippen LogP contribution in [0.25, 0.3) is 0 Å². The lowest BCUT2D eigenvalue weighted by molar-refractivity contribution is -0.883. The van der Waals surface area contributed by atoms with Crippen LogP contribution in [0.1, 0.15) is 64.4 Å². The molecule has 1 saturated heterocycles. The molecule has 3 rings (SSSR count). The minimum atomic E-state index is -0.612. The number of nitrogens with zero attached hydrogens (tertiary/aromatic N) is 1. The maximum Gasteiger partial charge on any atom is 0.282 e. The Morgan fingerprint density at radius 1 is 1.09 bits per heavy atom. The molecule has 0 spiro atoms. The van der Waals surface area contributed by atoms with Crippen LogP contribution in [0, 0.1) is 11.8 Å². The summed E-state index contributed by atoms with van der Waals surface area (Å²) >= 11 is 0. The van der Waals surface area contributed by atoms with Crippen molar-refractivity contribution in [2.24, 2.45) is 11.8 Å². The molecule has 1 aromatic carbocycles. The van der Waals surface area contributed by atoms with Gasteiger partial charge in [-0.1, -0.05) is 45.7 Å². The Bertz CT molecular complexity index is 858. The lowest BCUT2D eigenvalue weighted by Crippen LogP contribution is -3.12. The van der Waals surface area contributed by atoms with Crippen LogP contribution in [0.2, 0.25) is 0 Å². The van der Waals surface area contributed by atoms with Crippen LogP contribution in [0.15, 0.2) is 24.3 Å². The normalized spacial score (nSPS) is 23.7. The highest BCUT2D eigenvalue weighted by molar-refractivity contribution is 5.94. The molecule has 0 bridgehead atoms. The Hall–Kier alpha value is -2.45. The molecule has 1 aliphatic carbocycles. The zero-order valence-electron chi connectivity index (χ0n) is 21.9. The van der Waals surface area contributed by atoms with Crippen molar-refractivity contribution in [2.75, 3.05) is 38.5 Å². The Balaban J connectivity index is 1.65. The average Bonchev–Trinajstić information content (AvgIpc) is 2.87. The second-order valence-corrected chi connectivity index (χ2v) is 10.7. The molecule has 2 aliphatic rings. The van der Waals surface area contributed by atoms with Crippen molar-refractivity contribution in [3.8, 4) is 0 Å². The van der Waals surface area contributed by atoms with Crippen molar-refractivity contribution in [3.05, 3.63) is 29.8 Å². The summed E-state index contributed by atoms with van der Waals surface area (Å²) in [6.45, 7) is 9.27. The standard InChI is InChI=1S/C27H43N5O3/c1-5-23(33)30-25(27(35)32-16-14-31(4)15-17-32)19(3)20-10-12-22(13-11-20)29-26(34)24(28)21-8-6-18(2)7-9-21/h10-13,18-19,21,24-25H,5-9,14-17,28H2,1-4H3,(H,29,34)(H,30,33)/p+2/t18?,19-,21?,24-,25+/m0/s1. The van der Waals surface area contributed by atoms with Gasteiger partial charge in [-0.3, -0.25) is 14.4 Å². The van der Waals surface area contributed by atoms with Crippen LogP contribution in [0.4, 0.5) is 5.69 Å². The van der Waals surface area contributed by atoms with Crippen LogP contribution in [0.5, 0.6) is 0 Å². The second-order valence-electron chi connectivity index (χ2n) is 10.7. The SMILES string of the molecule is CCC(=O)N[C@@H](C(=O)N1CC[NH+](C)CC1)[C@@H](C)c1ccc(NC(=O)[C@@H]([NH3+])C2CCC(C)CC2)cc1. The molecule has 8 heteroatoms. The number of hydrogen-bond donors (Lipinski definition) is 4. The fourth-order valence-corrected chi connectivity index (χ4v) is 5.18. The maximum atomic E-state index is 13.4. The first kappa shape index (κ1) is 27.1. The number of quaternary nitrogens is 2. The number of carbonyl (C=O) groups excluding carboxylic acids is 3. The molecule has 1 aromatic rings. The van der Waals surface area contributed by atoms with Gasteiger partial charge in [0.2, 0.25) is 11.8 Å². The fourth-order valence-electron chi connectivity index (χ4n) is 5.18. The summed E-state index contributed by atoms with van der Waals surface area (Å²) in [7, 11) is 2.13. The first-order valence-corrected chi connectivity index (χ1v) is 13.3. The van der Waals surface area contributed by atoms with Crippen LogP contribution < -0.4 is 21.3 Å². The molecule has 1 heterocycles. The molecule has 2 fully saturated rings. The van der Waals surface area contributed by atoms with E-state index in [4.69, 9.17) is 0 Å². The molecule has 1 saturated carbocycles. The van der Waals surface area contributed by atoms with Crippen LogP contribution in [0.3, 0.4) is 0 Å². The second kappa shape index (κ2) is 12.5. The lowest BCUT2D eigenvalue weighted by atomic mass is 9.79. The van der Waals surface area contributed by atoms with Crippen molar-refractivity contribution in [3.63, 3.8) is 0 Å². The minimum Gasteiger partial charge on any atom is -0.347 e. The van der Waals surface area contributed by atoms with Gasteiger partial charge in [-0.2, -0.15) is 0 Å². The Morgan fingerprint density at radius 2 is 1.69 bits per heavy atom. The number of nitrogens with one attached hydrogen (secondary N) is 3. The maximum absolute atomic E-state index is 13.4. The van der Waals surface area contributed by atoms with Gasteiger partial charge in [-0.05, 0) is 36.5 Å². The molecule has 3 amide bonds. The largest absolute Gasteiger partial charge is 0.347 e. The van der Waals surface area contributed by atoms with Gasteiger partial charge in [-0.25, -0.2) is 0 Å². The molecule has 0 aromatic heterocycles. The van der Waals surface area contributed by atoms with E-state index in [1.807, 2.05) is 36.1 Å². The highest BCUT2D eigenvalue weighted by atomic mass is 16.2. The molecular formula is C27H45N5O3+2. The third-order valence-electron chi connectivity index (χ3n) is 8.00. The van der Waals surface area contributed by atoms with E-state index < -0.39 is 6.04 Å². The highest BCUT2D eigenvalue weighted by Crippen LogP contribution is 2.30. The van der Waals surface area contributed by atoms with E-state index in [-0.39, 0.29) is 29.7 Å². The van der Waals surface area contributed by atoms with E-state index in [2.05, 4.69) is 30.3 Å². The number of piperazine rings is 1. The number of likely N-dealkylation sites (N-methyl/N-ethyl adjacent to an activating group) is 1. The number of benzene rings is 1. The third-order valence-corrected chi connectivity index (χ3v) is 8.00. The smallest absolute Gasteiger partial charge is 0.282 e. The molecule has 194 valence electrons. The number of rotatable bonds is 8. The number of hydrogen-bond acceptors (Lipinski definition) is 3. The first-order chi connectivity index (χ1) is 16.7. The predicted molar refractivity (Wildman–Crippen MR) is 137 cm³/mol. The summed E-state index contributed by atoms with van der Waals surface area (Å²) < 4.78 is 0. The highest BCUT2D eigenvalue weighted by Gasteiger charge is 2.34. The van der Waals surface area contributed by atoms with Gasteiger partial charge in [0, 0.05) is 23.9 Å². The quantitative estimate of drug-likeness (QED) is 0.426. The number of carbonyl (C=O) groups is 3.